The first-order valence-electron chi connectivity index (χ1n) is 5.84. The number of carbonyl (C=O) groups excluding carboxylic acids is 1. The van der Waals surface area contributed by atoms with E-state index in [2.05, 4.69) is 0 Å². The van der Waals surface area contributed by atoms with E-state index >= 15 is 0 Å². The van der Waals surface area contributed by atoms with Gasteiger partial charge in [-0.15, -0.1) is 11.8 Å². The largest absolute Gasteiger partial charge is 0.312 e. The van der Waals surface area contributed by atoms with Crippen LogP contribution in [-0.4, -0.2) is 32.9 Å². The molecule has 2 N–H and O–H groups in total. The van der Waals surface area contributed by atoms with Crippen molar-refractivity contribution in [2.24, 2.45) is 11.1 Å². The van der Waals surface area contributed by atoms with Crippen LogP contribution in [-0.2, 0) is 14.8 Å². The maximum Gasteiger partial charge on any atom is 0.227 e. The maximum absolute atomic E-state index is 11.9. The van der Waals surface area contributed by atoms with E-state index in [9.17, 15) is 13.2 Å². The molecule has 1 saturated heterocycles. The number of benzene rings is 1. The molecular formula is C12H16N2O3S2. The SMILES string of the molecule is CSc1ccc(N2CC(CS(N)(=O)=O)CC2=O)cc1. The highest BCUT2D eigenvalue weighted by atomic mass is 32.2. The Morgan fingerprint density at radius 1 is 1.37 bits per heavy atom. The molecular weight excluding hydrogens is 284 g/mol. The van der Waals surface area contributed by atoms with Crippen molar-refractivity contribution in [1.82, 2.24) is 0 Å². The van der Waals surface area contributed by atoms with Crippen molar-refractivity contribution in [2.45, 2.75) is 11.3 Å². The molecule has 1 aliphatic rings. The van der Waals surface area contributed by atoms with Gasteiger partial charge in [0, 0.05) is 29.5 Å². The zero-order valence-electron chi connectivity index (χ0n) is 10.6. The van der Waals surface area contributed by atoms with E-state index in [0.717, 1.165) is 10.6 Å². The fourth-order valence-corrected chi connectivity index (χ4v) is 3.52. The molecule has 0 saturated carbocycles. The molecule has 19 heavy (non-hydrogen) atoms. The second kappa shape index (κ2) is 5.52. The Kier molecular flexibility index (Phi) is 4.17. The Balaban J connectivity index is 2.11. The summed E-state index contributed by atoms with van der Waals surface area (Å²) in [5.41, 5.74) is 0.805. The minimum absolute atomic E-state index is 0.0504. The number of hydrogen-bond donors (Lipinski definition) is 1. The van der Waals surface area contributed by atoms with Crippen molar-refractivity contribution >= 4 is 33.4 Å². The molecule has 1 aliphatic heterocycles. The summed E-state index contributed by atoms with van der Waals surface area (Å²) in [7, 11) is -3.53. The van der Waals surface area contributed by atoms with Crippen LogP contribution in [0.15, 0.2) is 29.2 Å². The molecule has 1 amide bonds. The van der Waals surface area contributed by atoms with Gasteiger partial charge >= 0.3 is 0 Å². The number of nitrogens with zero attached hydrogens (tertiary/aromatic N) is 1. The summed E-state index contributed by atoms with van der Waals surface area (Å²) in [4.78, 5) is 14.7. The highest BCUT2D eigenvalue weighted by Crippen LogP contribution is 2.27. The fourth-order valence-electron chi connectivity index (χ4n) is 2.23. The number of primary sulfonamides is 1. The van der Waals surface area contributed by atoms with Crippen molar-refractivity contribution in [3.05, 3.63) is 24.3 Å². The molecule has 1 fully saturated rings. The molecule has 5 nitrogen and oxygen atoms in total. The predicted octanol–water partition coefficient (Wildman–Crippen LogP) is 1.05. The molecule has 0 aliphatic carbocycles. The molecule has 2 rings (SSSR count). The molecule has 1 aromatic rings. The molecule has 1 atom stereocenters. The number of nitrogens with two attached hydrogens (primary N) is 1. The Morgan fingerprint density at radius 3 is 2.53 bits per heavy atom. The third-order valence-electron chi connectivity index (χ3n) is 3.06. The standard InChI is InChI=1S/C12H16N2O3S2/c1-18-11-4-2-10(3-5-11)14-7-9(6-12(14)15)8-19(13,16)17/h2-5,9H,6-8H2,1H3,(H2,13,16,17). The molecule has 1 aromatic carbocycles. The number of carbonyl (C=O) groups is 1. The molecule has 0 spiro atoms. The lowest BCUT2D eigenvalue weighted by atomic mass is 10.1. The first-order chi connectivity index (χ1) is 8.89. The summed E-state index contributed by atoms with van der Waals surface area (Å²) in [6, 6.07) is 7.65. The molecule has 1 heterocycles. The van der Waals surface area contributed by atoms with Crippen LogP contribution in [0.25, 0.3) is 0 Å². The summed E-state index contributed by atoms with van der Waals surface area (Å²) in [6.45, 7) is 0.411. The van der Waals surface area contributed by atoms with Gasteiger partial charge in [-0.2, -0.15) is 0 Å². The van der Waals surface area contributed by atoms with Crippen LogP contribution < -0.4 is 10.0 Å². The maximum atomic E-state index is 11.9. The molecule has 1 unspecified atom stereocenters. The predicted molar refractivity (Wildman–Crippen MR) is 76.7 cm³/mol. The van der Waals surface area contributed by atoms with E-state index in [1.807, 2.05) is 30.5 Å². The monoisotopic (exact) mass is 300 g/mol. The summed E-state index contributed by atoms with van der Waals surface area (Å²) in [5, 5.41) is 5.02. The zero-order chi connectivity index (χ0) is 14.0. The number of amides is 1. The van der Waals surface area contributed by atoms with E-state index < -0.39 is 10.0 Å². The molecule has 104 valence electrons. The van der Waals surface area contributed by atoms with E-state index in [0.29, 0.717) is 6.54 Å². The fraction of sp³-hybridized carbons (Fsp3) is 0.417. The van der Waals surface area contributed by atoms with Crippen LogP contribution in [0.3, 0.4) is 0 Å². The van der Waals surface area contributed by atoms with Gasteiger partial charge in [-0.05, 0) is 30.5 Å². The smallest absolute Gasteiger partial charge is 0.227 e. The average molecular weight is 300 g/mol. The summed E-state index contributed by atoms with van der Waals surface area (Å²) >= 11 is 1.63. The Bertz CT molecular complexity index is 569. The van der Waals surface area contributed by atoms with Crippen molar-refractivity contribution < 1.29 is 13.2 Å². The number of rotatable bonds is 4. The third-order valence-corrected chi connectivity index (χ3v) is 4.74. The highest BCUT2D eigenvalue weighted by Gasteiger charge is 2.32. The quantitative estimate of drug-likeness (QED) is 0.843. The van der Waals surface area contributed by atoms with E-state index in [1.54, 1.807) is 16.7 Å². The summed E-state index contributed by atoms with van der Waals surface area (Å²) in [6.07, 6.45) is 2.22. The van der Waals surface area contributed by atoms with Crippen LogP contribution >= 0.6 is 11.8 Å². The normalized spacial score (nSPS) is 20.0. The first-order valence-corrected chi connectivity index (χ1v) is 8.78. The summed E-state index contributed by atoms with van der Waals surface area (Å²) < 4.78 is 22.1. The van der Waals surface area contributed by atoms with E-state index in [-0.39, 0.29) is 24.0 Å². The number of anilines is 1. The van der Waals surface area contributed by atoms with Crippen molar-refractivity contribution in [2.75, 3.05) is 23.5 Å². The summed E-state index contributed by atoms with van der Waals surface area (Å²) in [5.74, 6) is -0.411. The van der Waals surface area contributed by atoms with E-state index in [1.165, 1.54) is 0 Å². The Hall–Kier alpha value is -1.05. The number of hydrogen-bond acceptors (Lipinski definition) is 4. The Morgan fingerprint density at radius 2 is 2.00 bits per heavy atom. The van der Waals surface area contributed by atoms with Crippen LogP contribution in [0.5, 0.6) is 0 Å². The van der Waals surface area contributed by atoms with Gasteiger partial charge in [0.25, 0.3) is 0 Å². The topological polar surface area (TPSA) is 80.5 Å². The second-order valence-electron chi connectivity index (χ2n) is 4.60. The van der Waals surface area contributed by atoms with Gasteiger partial charge in [0.15, 0.2) is 0 Å². The Labute approximate surface area is 117 Å². The van der Waals surface area contributed by atoms with Gasteiger partial charge < -0.3 is 4.90 Å². The molecule has 0 radical (unpaired) electrons. The molecule has 0 bridgehead atoms. The lowest BCUT2D eigenvalue weighted by Gasteiger charge is -2.16. The second-order valence-corrected chi connectivity index (χ2v) is 7.14. The lowest BCUT2D eigenvalue weighted by molar-refractivity contribution is -0.117. The van der Waals surface area contributed by atoms with Gasteiger partial charge in [-0.25, -0.2) is 13.6 Å². The first kappa shape index (κ1) is 14.4. The van der Waals surface area contributed by atoms with Gasteiger partial charge in [0.2, 0.25) is 15.9 Å². The lowest BCUT2D eigenvalue weighted by Crippen LogP contribution is -2.27. The number of thioether (sulfide) groups is 1. The van der Waals surface area contributed by atoms with Crippen molar-refractivity contribution in [3.63, 3.8) is 0 Å². The van der Waals surface area contributed by atoms with Crippen LogP contribution in [0, 0.1) is 5.92 Å². The zero-order valence-corrected chi connectivity index (χ0v) is 12.2. The van der Waals surface area contributed by atoms with E-state index in [4.69, 9.17) is 5.14 Å². The van der Waals surface area contributed by atoms with Gasteiger partial charge in [0.1, 0.15) is 0 Å². The van der Waals surface area contributed by atoms with Crippen LogP contribution in [0.1, 0.15) is 6.42 Å². The molecule has 7 heteroatoms. The van der Waals surface area contributed by atoms with Gasteiger partial charge in [-0.3, -0.25) is 4.79 Å². The van der Waals surface area contributed by atoms with Crippen molar-refractivity contribution in [1.29, 1.82) is 0 Å². The van der Waals surface area contributed by atoms with Gasteiger partial charge in [-0.1, -0.05) is 0 Å². The third kappa shape index (κ3) is 3.71. The minimum Gasteiger partial charge on any atom is -0.312 e. The van der Waals surface area contributed by atoms with Crippen LogP contribution in [0.2, 0.25) is 0 Å². The molecule has 0 aromatic heterocycles. The average Bonchev–Trinajstić information content (AvgIpc) is 2.68. The van der Waals surface area contributed by atoms with Crippen LogP contribution in [0.4, 0.5) is 5.69 Å². The van der Waals surface area contributed by atoms with Gasteiger partial charge in [0.05, 0.1) is 5.75 Å². The minimum atomic E-state index is -3.53. The van der Waals surface area contributed by atoms with Crippen molar-refractivity contribution in [3.8, 4) is 0 Å². The highest BCUT2D eigenvalue weighted by molar-refractivity contribution is 7.98. The number of sulfonamides is 1.